The highest BCUT2D eigenvalue weighted by Crippen LogP contribution is 2.38. The molecule has 0 bridgehead atoms. The Bertz CT molecular complexity index is 748. The van der Waals surface area contributed by atoms with Gasteiger partial charge in [0.1, 0.15) is 11.5 Å². The number of hydrogen-bond donors (Lipinski definition) is 1. The third-order valence-corrected chi connectivity index (χ3v) is 4.01. The average molecular weight is 453 g/mol. The number of benzene rings is 2. The van der Waals surface area contributed by atoms with E-state index in [2.05, 4.69) is 31.9 Å². The number of ether oxygens (including phenoxy) is 1. The number of alkyl halides is 3. The monoisotopic (exact) mass is 451 g/mol. The number of halogens is 5. The molecule has 2 aromatic carbocycles. The Balaban J connectivity index is 2.41. The van der Waals surface area contributed by atoms with Gasteiger partial charge < -0.3 is 10.5 Å². The minimum atomic E-state index is -4.48. The summed E-state index contributed by atoms with van der Waals surface area (Å²) < 4.78 is 45.0. The molecule has 0 fully saturated rings. The fourth-order valence-corrected chi connectivity index (χ4v) is 2.59. The van der Waals surface area contributed by atoms with Crippen LogP contribution in [0.5, 0.6) is 11.5 Å². The first-order chi connectivity index (χ1) is 10.7. The maximum Gasteiger partial charge on any atom is 0.416 e. The molecule has 2 aromatic rings. The van der Waals surface area contributed by atoms with Crippen molar-refractivity contribution in [2.24, 2.45) is 5.73 Å². The highest BCUT2D eigenvalue weighted by molar-refractivity contribution is 9.10. The van der Waals surface area contributed by atoms with Crippen molar-refractivity contribution in [3.63, 3.8) is 0 Å². The molecule has 3 nitrogen and oxygen atoms in total. The molecule has 2 rings (SSSR count). The number of nitrogens with two attached hydrogens (primary N) is 1. The fourth-order valence-electron chi connectivity index (χ4n) is 1.85. The van der Waals surface area contributed by atoms with Crippen LogP contribution in [0.2, 0.25) is 0 Å². The normalized spacial score (nSPS) is 11.3. The number of hydrogen-bond acceptors (Lipinski definition) is 2. The summed E-state index contributed by atoms with van der Waals surface area (Å²) >= 11 is 6.41. The Hall–Kier alpha value is -1.54. The van der Waals surface area contributed by atoms with Crippen molar-refractivity contribution in [2.45, 2.75) is 12.6 Å². The van der Waals surface area contributed by atoms with E-state index in [0.717, 1.165) is 12.1 Å². The summed E-state index contributed by atoms with van der Waals surface area (Å²) in [6.07, 6.45) is -4.57. The third kappa shape index (κ3) is 4.71. The summed E-state index contributed by atoms with van der Waals surface area (Å²) in [5.41, 5.74) is 4.82. The first-order valence-corrected chi connectivity index (χ1v) is 7.87. The Morgan fingerprint density at radius 1 is 1.09 bits per heavy atom. The zero-order valence-electron chi connectivity index (χ0n) is 11.5. The van der Waals surface area contributed by atoms with Crippen molar-refractivity contribution in [3.8, 4) is 11.5 Å². The van der Waals surface area contributed by atoms with Crippen LogP contribution in [0.3, 0.4) is 0 Å². The number of rotatable bonds is 4. The van der Waals surface area contributed by atoms with Crippen LogP contribution < -0.4 is 10.5 Å². The lowest BCUT2D eigenvalue weighted by Crippen LogP contribution is -2.14. The summed E-state index contributed by atoms with van der Waals surface area (Å²) in [4.78, 5) is 11.1. The van der Waals surface area contributed by atoms with Crippen molar-refractivity contribution in [1.29, 1.82) is 0 Å². The lowest BCUT2D eigenvalue weighted by molar-refractivity contribution is -0.137. The van der Waals surface area contributed by atoms with Crippen molar-refractivity contribution < 1.29 is 22.7 Å². The molecule has 8 heteroatoms. The van der Waals surface area contributed by atoms with E-state index < -0.39 is 17.6 Å². The van der Waals surface area contributed by atoms with Gasteiger partial charge in [-0.1, -0.05) is 15.9 Å². The van der Waals surface area contributed by atoms with Crippen LogP contribution in [0.4, 0.5) is 13.2 Å². The number of carbonyl (C=O) groups excluding carboxylic acids is 1. The van der Waals surface area contributed by atoms with Crippen LogP contribution in [0.15, 0.2) is 45.3 Å². The van der Waals surface area contributed by atoms with Crippen LogP contribution >= 0.6 is 31.9 Å². The van der Waals surface area contributed by atoms with Crippen LogP contribution in [0.1, 0.15) is 11.1 Å². The fraction of sp³-hybridized carbons (Fsp3) is 0.133. The Morgan fingerprint density at radius 2 is 1.78 bits per heavy atom. The van der Waals surface area contributed by atoms with Crippen LogP contribution in [-0.4, -0.2) is 5.91 Å². The van der Waals surface area contributed by atoms with Gasteiger partial charge >= 0.3 is 6.18 Å². The van der Waals surface area contributed by atoms with Crippen LogP contribution in [0, 0.1) is 0 Å². The van der Waals surface area contributed by atoms with Gasteiger partial charge in [-0.3, -0.25) is 4.79 Å². The molecule has 2 N–H and O–H groups in total. The van der Waals surface area contributed by atoms with Crippen LogP contribution in [0.25, 0.3) is 0 Å². The Labute approximate surface area is 146 Å². The molecule has 0 aliphatic carbocycles. The molecule has 122 valence electrons. The van der Waals surface area contributed by atoms with Gasteiger partial charge in [-0.15, -0.1) is 0 Å². The van der Waals surface area contributed by atoms with E-state index in [0.29, 0.717) is 14.5 Å². The Kier molecular flexibility index (Phi) is 5.36. The summed E-state index contributed by atoms with van der Waals surface area (Å²) in [6, 6.07) is 7.92. The summed E-state index contributed by atoms with van der Waals surface area (Å²) in [5.74, 6) is -0.323. The molecule has 1 amide bonds. The third-order valence-electron chi connectivity index (χ3n) is 2.87. The quantitative estimate of drug-likeness (QED) is 0.705. The molecule has 23 heavy (non-hydrogen) atoms. The van der Waals surface area contributed by atoms with E-state index in [1.54, 1.807) is 18.2 Å². The molecule has 0 saturated heterocycles. The van der Waals surface area contributed by atoms with Gasteiger partial charge in [0.05, 0.1) is 16.5 Å². The van der Waals surface area contributed by atoms with Gasteiger partial charge in [-0.25, -0.2) is 0 Å². The largest absolute Gasteiger partial charge is 0.456 e. The van der Waals surface area contributed by atoms with E-state index in [4.69, 9.17) is 10.5 Å². The zero-order valence-corrected chi connectivity index (χ0v) is 14.6. The molecule has 0 saturated carbocycles. The van der Waals surface area contributed by atoms with Gasteiger partial charge in [0.15, 0.2) is 0 Å². The number of primary amides is 1. The smallest absolute Gasteiger partial charge is 0.416 e. The molecule has 0 aliphatic heterocycles. The number of amides is 1. The second-order valence-electron chi connectivity index (χ2n) is 4.64. The van der Waals surface area contributed by atoms with E-state index in [1.165, 1.54) is 6.07 Å². The first kappa shape index (κ1) is 17.8. The van der Waals surface area contributed by atoms with Gasteiger partial charge in [0.2, 0.25) is 5.91 Å². The molecule has 0 atom stereocenters. The summed E-state index contributed by atoms with van der Waals surface area (Å²) in [6.45, 7) is 0. The molecule has 0 spiro atoms. The van der Waals surface area contributed by atoms with E-state index >= 15 is 0 Å². The maximum atomic E-state index is 12.8. The standard InChI is InChI=1S/C15H10Br2F3NO2/c16-10-2-4-12(8(5-10)6-14(21)22)23-13-7-9(15(18,19)20)1-3-11(13)17/h1-5,7H,6H2,(H2,21,22). The average Bonchev–Trinajstić information content (AvgIpc) is 2.42. The second-order valence-corrected chi connectivity index (χ2v) is 6.41. The summed E-state index contributed by atoms with van der Waals surface area (Å²) in [5, 5.41) is 0. The minimum absolute atomic E-state index is 0.00660. The Morgan fingerprint density at radius 3 is 2.39 bits per heavy atom. The molecule has 0 unspecified atom stereocenters. The lowest BCUT2D eigenvalue weighted by Gasteiger charge is -2.14. The molecule has 0 heterocycles. The predicted octanol–water partition coefficient (Wildman–Crippen LogP) is 5.05. The SMILES string of the molecule is NC(=O)Cc1cc(Br)ccc1Oc1cc(C(F)(F)F)ccc1Br. The predicted molar refractivity (Wildman–Crippen MR) is 86.3 cm³/mol. The maximum absolute atomic E-state index is 12.8. The van der Waals surface area contributed by atoms with E-state index in [-0.39, 0.29) is 17.9 Å². The zero-order chi connectivity index (χ0) is 17.2. The van der Waals surface area contributed by atoms with Crippen LogP contribution in [-0.2, 0) is 17.4 Å². The molecular weight excluding hydrogens is 443 g/mol. The highest BCUT2D eigenvalue weighted by atomic mass is 79.9. The lowest BCUT2D eigenvalue weighted by atomic mass is 10.1. The van der Waals surface area contributed by atoms with Gasteiger partial charge in [0, 0.05) is 10.0 Å². The van der Waals surface area contributed by atoms with Gasteiger partial charge in [-0.2, -0.15) is 13.2 Å². The molecule has 0 aliphatic rings. The van der Waals surface area contributed by atoms with Crippen molar-refractivity contribution in [2.75, 3.05) is 0 Å². The highest BCUT2D eigenvalue weighted by Gasteiger charge is 2.31. The van der Waals surface area contributed by atoms with Gasteiger partial charge in [-0.05, 0) is 52.3 Å². The topological polar surface area (TPSA) is 52.3 Å². The molecular formula is C15H10Br2F3NO2. The second kappa shape index (κ2) is 6.92. The summed E-state index contributed by atoms with van der Waals surface area (Å²) in [7, 11) is 0. The number of carbonyl (C=O) groups is 1. The molecule has 0 aromatic heterocycles. The van der Waals surface area contributed by atoms with Crippen molar-refractivity contribution in [1.82, 2.24) is 0 Å². The molecule has 0 radical (unpaired) electrons. The van der Waals surface area contributed by atoms with E-state index in [9.17, 15) is 18.0 Å². The van der Waals surface area contributed by atoms with E-state index in [1.807, 2.05) is 0 Å². The van der Waals surface area contributed by atoms with Crippen molar-refractivity contribution >= 4 is 37.8 Å². The first-order valence-electron chi connectivity index (χ1n) is 6.28. The minimum Gasteiger partial charge on any atom is -0.456 e. The van der Waals surface area contributed by atoms with Crippen molar-refractivity contribution in [3.05, 3.63) is 56.5 Å². The van der Waals surface area contributed by atoms with Gasteiger partial charge in [0.25, 0.3) is 0 Å².